The smallest absolute Gasteiger partial charge is 0.251 e. The highest BCUT2D eigenvalue weighted by Crippen LogP contribution is 2.42. The third-order valence-electron chi connectivity index (χ3n) is 8.27. The van der Waals surface area contributed by atoms with Crippen molar-refractivity contribution in [2.24, 2.45) is 10.9 Å². The van der Waals surface area contributed by atoms with Gasteiger partial charge in [0.1, 0.15) is 0 Å². The molecule has 1 aromatic heterocycles. The van der Waals surface area contributed by atoms with Gasteiger partial charge in [-0.1, -0.05) is 18.2 Å². The number of carbonyl (C=O) groups is 2. The summed E-state index contributed by atoms with van der Waals surface area (Å²) in [6, 6.07) is 13.9. The lowest BCUT2D eigenvalue weighted by Crippen LogP contribution is -2.47. The van der Waals surface area contributed by atoms with Gasteiger partial charge < -0.3 is 14.8 Å². The number of nitrogens with zero attached hydrogens (tertiary/aromatic N) is 4. The van der Waals surface area contributed by atoms with Crippen LogP contribution >= 0.6 is 12.2 Å². The van der Waals surface area contributed by atoms with Crippen molar-refractivity contribution in [3.63, 3.8) is 0 Å². The van der Waals surface area contributed by atoms with Crippen molar-refractivity contribution in [1.29, 1.82) is 0 Å². The Hall–Kier alpha value is -3.58. The number of hydrogen-bond acceptors (Lipinski definition) is 5. The first-order valence-electron chi connectivity index (χ1n) is 14.2. The molecule has 1 N–H and O–H groups in total. The molecule has 7 nitrogen and oxygen atoms in total. The molecule has 3 aromatic rings. The van der Waals surface area contributed by atoms with Crippen molar-refractivity contribution < 1.29 is 9.59 Å². The molecule has 2 unspecified atom stereocenters. The topological polar surface area (TPSA) is 69.9 Å². The Balaban J connectivity index is 1.26. The van der Waals surface area contributed by atoms with E-state index >= 15 is 0 Å². The first-order chi connectivity index (χ1) is 19.4. The number of nitrogens with one attached hydrogen (secondary N) is 1. The summed E-state index contributed by atoms with van der Waals surface area (Å²) >= 11 is 4.62. The number of benzene rings is 2. The number of fused-ring (bicyclic) bond motifs is 2. The fraction of sp³-hybridized carbons (Fsp3) is 0.406. The molecule has 2 atom stereocenters. The number of isothiocyanates is 1. The molecule has 208 valence electrons. The van der Waals surface area contributed by atoms with Crippen LogP contribution < -0.4 is 5.32 Å². The lowest BCUT2D eigenvalue weighted by molar-refractivity contribution is -0.134. The van der Waals surface area contributed by atoms with Gasteiger partial charge in [0.25, 0.3) is 5.91 Å². The van der Waals surface area contributed by atoms with E-state index in [-0.39, 0.29) is 17.7 Å². The van der Waals surface area contributed by atoms with Gasteiger partial charge >= 0.3 is 0 Å². The van der Waals surface area contributed by atoms with Crippen molar-refractivity contribution in [3.8, 4) is 0 Å². The SMILES string of the molecule is CCN(CC)C(=O)C1C=C2c3cccc4c3c(cn4CCCCNC(=O)c3ccc(N=C=S)cc3)CC2N(C)C1. The molecule has 1 aliphatic carbocycles. The number of thiocarbonyl (C=S) groups is 1. The normalized spacial score (nSPS) is 18.0. The molecule has 2 heterocycles. The molecular formula is C32H37N5O2S. The molecule has 40 heavy (non-hydrogen) atoms. The highest BCUT2D eigenvalue weighted by atomic mass is 32.1. The van der Waals surface area contributed by atoms with Crippen LogP contribution in [0.1, 0.15) is 48.2 Å². The number of aromatic nitrogens is 1. The number of unbranched alkanes of at least 4 members (excludes halogenated alkanes) is 1. The van der Waals surface area contributed by atoms with Crippen LogP contribution in [0.4, 0.5) is 5.69 Å². The molecule has 5 rings (SSSR count). The van der Waals surface area contributed by atoms with Crippen LogP contribution in [0.15, 0.2) is 59.7 Å². The minimum atomic E-state index is -0.109. The Morgan fingerprint density at radius 3 is 2.62 bits per heavy atom. The maximum Gasteiger partial charge on any atom is 0.251 e. The maximum absolute atomic E-state index is 13.2. The zero-order valence-electron chi connectivity index (χ0n) is 23.5. The first kappa shape index (κ1) is 28.0. The van der Waals surface area contributed by atoms with Crippen molar-refractivity contribution in [3.05, 3.63) is 71.4 Å². The second-order valence-electron chi connectivity index (χ2n) is 10.7. The highest BCUT2D eigenvalue weighted by Gasteiger charge is 2.36. The molecule has 0 spiro atoms. The second kappa shape index (κ2) is 12.3. The molecule has 2 aromatic carbocycles. The Morgan fingerprint density at radius 1 is 1.12 bits per heavy atom. The summed E-state index contributed by atoms with van der Waals surface area (Å²) in [7, 11) is 2.15. The monoisotopic (exact) mass is 555 g/mol. The number of aryl methyl sites for hydroxylation is 1. The summed E-state index contributed by atoms with van der Waals surface area (Å²) in [5, 5.41) is 6.67. The maximum atomic E-state index is 13.2. The molecule has 0 fully saturated rings. The van der Waals surface area contributed by atoms with Gasteiger partial charge in [-0.05, 0) is 99.4 Å². The summed E-state index contributed by atoms with van der Waals surface area (Å²) in [6.07, 6.45) is 7.37. The van der Waals surface area contributed by atoms with Crippen LogP contribution in [0.5, 0.6) is 0 Å². The zero-order chi connectivity index (χ0) is 28.2. The highest BCUT2D eigenvalue weighted by molar-refractivity contribution is 7.78. The van der Waals surface area contributed by atoms with Crippen LogP contribution in [0.3, 0.4) is 0 Å². The van der Waals surface area contributed by atoms with Crippen LogP contribution in [-0.2, 0) is 17.8 Å². The summed E-state index contributed by atoms with van der Waals surface area (Å²) in [6.45, 7) is 7.85. The van der Waals surface area contributed by atoms with Gasteiger partial charge in [-0.25, -0.2) is 0 Å². The van der Waals surface area contributed by atoms with E-state index in [0.717, 1.165) is 45.4 Å². The largest absolute Gasteiger partial charge is 0.352 e. The van der Waals surface area contributed by atoms with Crippen LogP contribution in [0.25, 0.3) is 16.5 Å². The Bertz CT molecular complexity index is 1480. The lowest BCUT2D eigenvalue weighted by atomic mass is 9.79. The number of amides is 2. The predicted octanol–water partition coefficient (Wildman–Crippen LogP) is 5.32. The van der Waals surface area contributed by atoms with E-state index in [1.165, 1.54) is 27.6 Å². The van der Waals surface area contributed by atoms with Crippen molar-refractivity contribution in [1.82, 2.24) is 19.7 Å². The quantitative estimate of drug-likeness (QED) is 0.209. The van der Waals surface area contributed by atoms with Crippen LogP contribution in [0.2, 0.25) is 0 Å². The average molecular weight is 556 g/mol. The molecule has 0 saturated carbocycles. The number of likely N-dealkylation sites (N-methyl/N-ethyl adjacent to an activating group) is 1. The third kappa shape index (κ3) is 5.52. The number of aliphatic imine (C=N–C) groups is 1. The summed E-state index contributed by atoms with van der Waals surface area (Å²) in [5.74, 6) is 0.0320. The average Bonchev–Trinajstić information content (AvgIpc) is 3.32. The van der Waals surface area contributed by atoms with Crippen LogP contribution in [-0.4, -0.2) is 70.6 Å². The number of hydrogen-bond donors (Lipinski definition) is 1. The minimum Gasteiger partial charge on any atom is -0.352 e. The molecule has 8 heteroatoms. The zero-order valence-corrected chi connectivity index (χ0v) is 24.3. The van der Waals surface area contributed by atoms with Gasteiger partial charge in [-0.15, -0.1) is 0 Å². The molecule has 0 bridgehead atoms. The Kier molecular flexibility index (Phi) is 8.60. The molecule has 0 saturated heterocycles. The minimum absolute atomic E-state index is 0.0834. The van der Waals surface area contributed by atoms with Crippen molar-refractivity contribution in [2.45, 2.75) is 45.7 Å². The van der Waals surface area contributed by atoms with Crippen molar-refractivity contribution in [2.75, 3.05) is 33.2 Å². The second-order valence-corrected chi connectivity index (χ2v) is 10.8. The first-order valence-corrected chi connectivity index (χ1v) is 14.6. The van der Waals surface area contributed by atoms with E-state index in [0.29, 0.717) is 23.8 Å². The van der Waals surface area contributed by atoms with Gasteiger partial charge in [0.05, 0.1) is 16.8 Å². The van der Waals surface area contributed by atoms with Gasteiger partial charge in [0.15, 0.2) is 0 Å². The summed E-state index contributed by atoms with van der Waals surface area (Å²) < 4.78 is 2.36. The Morgan fingerprint density at radius 2 is 1.90 bits per heavy atom. The van der Waals surface area contributed by atoms with Gasteiger partial charge in [-0.3, -0.25) is 14.5 Å². The number of rotatable bonds is 10. The van der Waals surface area contributed by atoms with E-state index < -0.39 is 0 Å². The predicted molar refractivity (Wildman–Crippen MR) is 164 cm³/mol. The van der Waals surface area contributed by atoms with E-state index in [2.05, 4.69) is 74.7 Å². The molecule has 0 radical (unpaired) electrons. The van der Waals surface area contributed by atoms with E-state index in [1.54, 1.807) is 24.3 Å². The molecule has 1 aliphatic heterocycles. The van der Waals surface area contributed by atoms with E-state index in [4.69, 9.17) is 0 Å². The third-order valence-corrected chi connectivity index (χ3v) is 8.36. The number of carbonyl (C=O) groups excluding carboxylic acids is 2. The van der Waals surface area contributed by atoms with Crippen LogP contribution in [0, 0.1) is 5.92 Å². The van der Waals surface area contributed by atoms with Gasteiger partial charge in [0.2, 0.25) is 5.91 Å². The van der Waals surface area contributed by atoms with Crippen molar-refractivity contribution >= 4 is 51.4 Å². The molecule has 2 amide bonds. The van der Waals surface area contributed by atoms with Gasteiger partial charge in [-0.2, -0.15) is 4.99 Å². The van der Waals surface area contributed by atoms with E-state index in [9.17, 15) is 9.59 Å². The fourth-order valence-electron chi connectivity index (χ4n) is 6.19. The Labute approximate surface area is 241 Å². The van der Waals surface area contributed by atoms with Gasteiger partial charge in [0, 0.05) is 61.4 Å². The standard InChI is InChI=1S/C32H37N5O2S/c1-4-36(5-2)32(39)24-17-27-26-9-8-10-28-30(26)23(18-29(27)35(3)19-24)20-37(28)16-7-6-15-33-31(38)22-11-13-25(14-12-22)34-21-40/h8-14,17,20,24,29H,4-7,15-16,18-19H2,1-3H3,(H,33,38). The molecule has 2 aliphatic rings. The summed E-state index contributed by atoms with van der Waals surface area (Å²) in [5.41, 5.74) is 6.47. The summed E-state index contributed by atoms with van der Waals surface area (Å²) in [4.78, 5) is 33.9. The fourth-order valence-corrected chi connectivity index (χ4v) is 6.29. The lowest BCUT2D eigenvalue weighted by Gasteiger charge is -2.40. The van der Waals surface area contributed by atoms with E-state index in [1.807, 2.05) is 18.7 Å². The molecular weight excluding hydrogens is 518 g/mol.